The molecule has 115 heavy (non-hydrogen) atoms. The highest BCUT2D eigenvalue weighted by molar-refractivity contribution is 6.25. The second-order valence-electron chi connectivity index (χ2n) is 30.0. The van der Waals surface area contributed by atoms with Gasteiger partial charge in [0.25, 0.3) is 35.4 Å². The summed E-state index contributed by atoms with van der Waals surface area (Å²) in [6.07, 6.45) is 13.6. The Morgan fingerprint density at radius 1 is 0.539 bits per heavy atom. The number of imidazole rings is 2. The number of nitrogens with one attached hydrogen (secondary N) is 5. The summed E-state index contributed by atoms with van der Waals surface area (Å²) in [5.41, 5.74) is 19.7. The maximum atomic E-state index is 13.6. The van der Waals surface area contributed by atoms with Gasteiger partial charge in [-0.05, 0) is 202 Å². The average molecular weight is 1560 g/mol. The van der Waals surface area contributed by atoms with Gasteiger partial charge in [0.2, 0.25) is 29.5 Å². The van der Waals surface area contributed by atoms with Gasteiger partial charge in [0.05, 0.1) is 72.2 Å². The lowest BCUT2D eigenvalue weighted by atomic mass is 9.99. The SMILES string of the molecule is Cc1c(CO)cc(C(=O)N[C@@H]2CCc3ccc(-c4cn5c(n4)CCC5)cc32)cc1OCCCN.Cc1c(CO)cc(C(=O)N[C@@H]2CCc3ccc(-c4cn5c(n4)CCC5)cc32)cc1OCCCNC(=O)CCc1cccc2c1C(=O)N(C1CCC(=O)NC1=O)C2=O.O=C(O)CCc1cccc2c1C(=O)N(C1CCC(=O)NC1=O)C2=O. The van der Waals surface area contributed by atoms with Gasteiger partial charge >= 0.3 is 5.97 Å². The predicted molar refractivity (Wildman–Crippen MR) is 416 cm³/mol. The number of nitrogens with two attached hydrogens (primary N) is 1. The third-order valence-electron chi connectivity index (χ3n) is 22.6. The number of nitrogens with zero attached hydrogens (tertiary/aromatic N) is 6. The summed E-state index contributed by atoms with van der Waals surface area (Å²) >= 11 is 0. The molecule has 2 aromatic heterocycles. The van der Waals surface area contributed by atoms with Crippen LogP contribution < -0.4 is 41.8 Å². The molecule has 8 aromatic rings. The normalized spacial score (nSPS) is 18.1. The Kier molecular flexibility index (Phi) is 23.8. The lowest BCUT2D eigenvalue weighted by molar-refractivity contribution is -0.137. The van der Waals surface area contributed by atoms with Crippen molar-refractivity contribution in [2.45, 2.75) is 180 Å². The molecule has 2 aliphatic carbocycles. The van der Waals surface area contributed by atoms with E-state index in [1.807, 2.05) is 13.8 Å². The summed E-state index contributed by atoms with van der Waals surface area (Å²) in [6, 6.07) is 27.0. The fraction of sp³-hybridized carbons (Fsp3) is 0.372. The first kappa shape index (κ1) is 79.3. The number of fused-ring (bicyclic) bond motifs is 6. The molecule has 8 aliphatic rings. The Labute approximate surface area is 661 Å². The van der Waals surface area contributed by atoms with Gasteiger partial charge in [-0.3, -0.25) is 78.0 Å². The second-order valence-corrected chi connectivity index (χ2v) is 30.0. The van der Waals surface area contributed by atoms with E-state index < -0.39 is 65.3 Å². The molecule has 596 valence electrons. The molecule has 2 saturated heterocycles. The minimum Gasteiger partial charge on any atom is -0.493 e. The number of aromatic nitrogens is 4. The van der Waals surface area contributed by atoms with Crippen molar-refractivity contribution in [3.05, 3.63) is 210 Å². The van der Waals surface area contributed by atoms with Crippen molar-refractivity contribution in [1.29, 1.82) is 0 Å². The highest BCUT2D eigenvalue weighted by Crippen LogP contribution is 2.40. The fourth-order valence-electron chi connectivity index (χ4n) is 16.4. The van der Waals surface area contributed by atoms with Gasteiger partial charge in [-0.2, -0.15) is 0 Å². The average Bonchev–Trinajstić information content (AvgIpc) is 1.60. The number of carboxylic acid groups (broad SMARTS) is 1. The summed E-state index contributed by atoms with van der Waals surface area (Å²) in [4.78, 5) is 161. The Balaban J connectivity index is 0.000000159. The number of rotatable bonds is 25. The highest BCUT2D eigenvalue weighted by atomic mass is 16.5. The van der Waals surface area contributed by atoms with Crippen LogP contribution in [0.1, 0.15) is 219 Å². The quantitative estimate of drug-likeness (QED) is 0.0202. The van der Waals surface area contributed by atoms with Crippen LogP contribution in [0.5, 0.6) is 11.5 Å². The van der Waals surface area contributed by atoms with E-state index in [9.17, 15) is 67.7 Å². The van der Waals surface area contributed by atoms with Crippen molar-refractivity contribution in [3.8, 4) is 34.0 Å². The fourth-order valence-corrected chi connectivity index (χ4v) is 16.4. The first-order valence-electron chi connectivity index (χ1n) is 39.2. The largest absolute Gasteiger partial charge is 0.493 e. The lowest BCUT2D eigenvalue weighted by Gasteiger charge is -2.27. The molecule has 11 amide bonds. The molecule has 4 atom stereocenters. The summed E-state index contributed by atoms with van der Waals surface area (Å²) < 4.78 is 16.4. The van der Waals surface area contributed by atoms with E-state index in [0.717, 1.165) is 137 Å². The van der Waals surface area contributed by atoms with Crippen LogP contribution in [0, 0.1) is 13.8 Å². The van der Waals surface area contributed by atoms with E-state index in [4.69, 9.17) is 30.3 Å². The summed E-state index contributed by atoms with van der Waals surface area (Å²) in [6.45, 7) is 6.91. The molecule has 16 rings (SSSR count). The molecule has 0 spiro atoms. The van der Waals surface area contributed by atoms with Crippen LogP contribution in [0.4, 0.5) is 0 Å². The van der Waals surface area contributed by atoms with Crippen LogP contribution in [-0.2, 0) is 93.6 Å². The molecule has 6 aliphatic heterocycles. The number of benzene rings is 6. The Morgan fingerprint density at radius 2 is 1.00 bits per heavy atom. The highest BCUT2D eigenvalue weighted by Gasteiger charge is 2.47. The van der Waals surface area contributed by atoms with Crippen LogP contribution in [0.3, 0.4) is 0 Å². The minimum absolute atomic E-state index is 0.0291. The lowest BCUT2D eigenvalue weighted by Crippen LogP contribution is -2.54. The van der Waals surface area contributed by atoms with E-state index in [1.165, 1.54) is 23.3 Å². The zero-order chi connectivity index (χ0) is 80.9. The number of carboxylic acids is 1. The second kappa shape index (κ2) is 34.6. The number of hydrogen-bond donors (Lipinski definition) is 9. The van der Waals surface area contributed by atoms with Crippen LogP contribution in [-0.4, -0.2) is 154 Å². The number of carbonyl (C=O) groups excluding carboxylic acids is 11. The van der Waals surface area contributed by atoms with Gasteiger partial charge in [-0.25, -0.2) is 9.97 Å². The molecule has 2 fully saturated rings. The number of aliphatic carboxylic acids is 1. The van der Waals surface area contributed by atoms with E-state index in [-0.39, 0.29) is 123 Å². The first-order valence-corrected chi connectivity index (χ1v) is 39.2. The third kappa shape index (κ3) is 16.9. The third-order valence-corrected chi connectivity index (χ3v) is 22.6. The van der Waals surface area contributed by atoms with Gasteiger partial charge in [-0.1, -0.05) is 48.5 Å². The first-order chi connectivity index (χ1) is 55.6. The molecule has 8 heterocycles. The number of piperidine rings is 2. The molecule has 0 bridgehead atoms. The van der Waals surface area contributed by atoms with Crippen molar-refractivity contribution in [1.82, 2.24) is 55.5 Å². The van der Waals surface area contributed by atoms with E-state index >= 15 is 0 Å². The van der Waals surface area contributed by atoms with Crippen molar-refractivity contribution < 1.29 is 82.3 Å². The van der Waals surface area contributed by atoms with Gasteiger partial charge in [-0.15, -0.1) is 0 Å². The molecule has 29 nitrogen and oxygen atoms in total. The number of carbonyl (C=O) groups is 12. The smallest absolute Gasteiger partial charge is 0.303 e. The molecule has 0 radical (unpaired) electrons. The molecule has 2 unspecified atom stereocenters. The Bertz CT molecular complexity index is 5250. The monoisotopic (exact) mass is 1560 g/mol. The number of imide groups is 4. The van der Waals surface area contributed by atoms with Crippen molar-refractivity contribution in [3.63, 3.8) is 0 Å². The van der Waals surface area contributed by atoms with E-state index in [2.05, 4.69) is 84.5 Å². The van der Waals surface area contributed by atoms with Crippen molar-refractivity contribution in [2.24, 2.45) is 5.73 Å². The van der Waals surface area contributed by atoms with Crippen molar-refractivity contribution in [2.75, 3.05) is 26.3 Å². The molecular weight excluding hydrogens is 1470 g/mol. The topological polar surface area (TPSA) is 412 Å². The van der Waals surface area contributed by atoms with Gasteiger partial charge < -0.3 is 55.6 Å². The molecular formula is C86H90N12O17. The number of ether oxygens (including phenoxy) is 2. The minimum atomic E-state index is -1.06. The number of aryl methyl sites for hydroxylation is 8. The standard InChI is InChI=1S/C43H44N6O8.C27H32N4O3.C16H14N2O6/c1-24-29(23-50)19-28(40(53)46-32-12-10-25-8-9-27(20-31(25)32)33-22-48-17-3-7-36(48)45-33)21-35(24)57-18-4-16-44-37(51)14-11-26-5-2-6-30-39(26)43(56)49(42(30)55)34-13-15-38(52)47-41(34)54;1-17-21(16-32)12-20(14-25(17)34-11-3-9-28)27(33)30-23-8-7-18-5-6-19(13-22(18)23)24-15-31-10-2-4-26(31)29-24;19-11-6-5-10(14(22)17-11)18-15(23)9-3-1-2-8(4-7-12(20)21)13(9)16(18)24/h2,5-6,8-9,19-22,32,34,50H,3-4,7,10-18,23H2,1H3,(H,44,51)(H,46,53)(H,47,52,54);5-6,12-15,23,32H,2-4,7-11,16,28H2,1H3,(H,30,33);1-3,10H,4-7H2,(H,20,21)(H,17,19,22)/t32-,34?;23-;/m11./s1. The summed E-state index contributed by atoms with van der Waals surface area (Å²) in [7, 11) is 0. The van der Waals surface area contributed by atoms with E-state index in [1.54, 1.807) is 48.5 Å². The van der Waals surface area contributed by atoms with E-state index in [0.29, 0.717) is 71.0 Å². The molecule has 6 aromatic carbocycles. The van der Waals surface area contributed by atoms with Crippen LogP contribution in [0.25, 0.3) is 22.5 Å². The maximum absolute atomic E-state index is 13.6. The summed E-state index contributed by atoms with van der Waals surface area (Å²) in [5.74, 6) is -2.97. The molecule has 0 saturated carbocycles. The summed E-state index contributed by atoms with van der Waals surface area (Å²) in [5, 5.41) is 42.3. The van der Waals surface area contributed by atoms with Crippen LogP contribution >= 0.6 is 0 Å². The molecule has 10 N–H and O–H groups in total. The Hall–Kier alpha value is -12.3. The van der Waals surface area contributed by atoms with Crippen molar-refractivity contribution >= 4 is 70.9 Å². The molecule has 29 heteroatoms. The van der Waals surface area contributed by atoms with Gasteiger partial charge in [0.15, 0.2) is 0 Å². The number of amides is 11. The van der Waals surface area contributed by atoms with Gasteiger partial charge in [0, 0.05) is 92.8 Å². The zero-order valence-corrected chi connectivity index (χ0v) is 63.9. The van der Waals surface area contributed by atoms with Crippen LogP contribution in [0.15, 0.2) is 109 Å². The number of hydrogen-bond acceptors (Lipinski definition) is 19. The number of aliphatic hydroxyl groups excluding tert-OH is 2. The number of aliphatic hydroxyl groups is 2. The predicted octanol–water partition coefficient (Wildman–Crippen LogP) is 7.18. The zero-order valence-electron chi connectivity index (χ0n) is 63.9. The van der Waals surface area contributed by atoms with Gasteiger partial charge in [0.1, 0.15) is 35.2 Å². The Morgan fingerprint density at radius 3 is 1.43 bits per heavy atom. The maximum Gasteiger partial charge on any atom is 0.303 e. The van der Waals surface area contributed by atoms with Crippen LogP contribution in [0.2, 0.25) is 0 Å².